The molecule has 0 aliphatic heterocycles. The third-order valence-corrected chi connectivity index (χ3v) is 14.3. The van der Waals surface area contributed by atoms with E-state index < -0.39 is 26.6 Å². The first kappa shape index (κ1) is 71.5. The Labute approximate surface area is 457 Å². The zero-order valence-electron chi connectivity index (χ0n) is 49.0. The number of nitrogens with zero attached hydrogens (tertiary/aromatic N) is 1. The maximum absolute atomic E-state index is 13.5. The Bertz CT molecular complexity index is 1500. The minimum absolute atomic E-state index is 0.0291. The van der Waals surface area contributed by atoms with Gasteiger partial charge >= 0.3 is 5.97 Å². The van der Waals surface area contributed by atoms with Gasteiger partial charge in [0.25, 0.3) is 7.82 Å². The fraction of sp³-hybridized carbons (Fsp3) is 0.781. The predicted molar refractivity (Wildman–Crippen MR) is 316 cm³/mol. The zero-order valence-corrected chi connectivity index (χ0v) is 49.9. The number of carbonyl (C=O) groups excluding carboxylic acids is 2. The van der Waals surface area contributed by atoms with Crippen LogP contribution in [0.5, 0.6) is 0 Å². The molecule has 3 atom stereocenters. The van der Waals surface area contributed by atoms with E-state index in [-0.39, 0.29) is 24.9 Å². The maximum Gasteiger partial charge on any atom is 0.306 e. The largest absolute Gasteiger partial charge is 0.756 e. The molecular weight excluding hydrogens is 940 g/mol. The lowest BCUT2D eigenvalue weighted by molar-refractivity contribution is -0.870. The number of phosphoric acid groups is 1. The Kier molecular flexibility index (Phi) is 52.0. The quantitative estimate of drug-likeness (QED) is 0.0212. The van der Waals surface area contributed by atoms with Crippen LogP contribution < -0.4 is 10.2 Å². The van der Waals surface area contributed by atoms with Gasteiger partial charge in [-0.25, -0.2) is 0 Å². The van der Waals surface area contributed by atoms with Crippen molar-refractivity contribution in [2.24, 2.45) is 0 Å². The smallest absolute Gasteiger partial charge is 0.306 e. The summed E-state index contributed by atoms with van der Waals surface area (Å²) in [4.78, 5) is 40.0. The molecule has 0 fully saturated rings. The normalized spacial score (nSPS) is 14.2. The molecule has 0 saturated carbocycles. The highest BCUT2D eigenvalue weighted by Gasteiger charge is 2.27. The Balaban J connectivity index is 5.31. The molecule has 0 spiro atoms. The maximum atomic E-state index is 13.5. The van der Waals surface area contributed by atoms with Gasteiger partial charge in [-0.15, -0.1) is 0 Å². The van der Waals surface area contributed by atoms with Crippen molar-refractivity contribution < 1.29 is 37.3 Å². The van der Waals surface area contributed by atoms with Crippen molar-refractivity contribution in [3.05, 3.63) is 72.9 Å². The van der Waals surface area contributed by atoms with Crippen LogP contribution in [0.1, 0.15) is 271 Å². The number of rotatable bonds is 55. The number of carbonyl (C=O) groups is 2. The van der Waals surface area contributed by atoms with Gasteiger partial charge in [0.2, 0.25) is 5.91 Å². The predicted octanol–water partition coefficient (Wildman–Crippen LogP) is 18.2. The van der Waals surface area contributed by atoms with Crippen LogP contribution in [0, 0.1) is 0 Å². The number of amides is 1. The Morgan fingerprint density at radius 2 is 0.824 bits per heavy atom. The van der Waals surface area contributed by atoms with Crippen molar-refractivity contribution in [3.63, 3.8) is 0 Å². The van der Waals surface area contributed by atoms with Gasteiger partial charge in [0.15, 0.2) is 0 Å². The topological polar surface area (TPSA) is 114 Å². The van der Waals surface area contributed by atoms with Crippen LogP contribution in [-0.4, -0.2) is 69.4 Å². The van der Waals surface area contributed by atoms with E-state index in [1.807, 2.05) is 33.3 Å². The van der Waals surface area contributed by atoms with E-state index in [1.54, 1.807) is 0 Å². The van der Waals surface area contributed by atoms with Crippen LogP contribution in [0.15, 0.2) is 72.9 Å². The Morgan fingerprint density at radius 3 is 1.26 bits per heavy atom. The van der Waals surface area contributed by atoms with Crippen molar-refractivity contribution in [1.82, 2.24) is 5.32 Å². The van der Waals surface area contributed by atoms with Crippen LogP contribution in [0.4, 0.5) is 0 Å². The van der Waals surface area contributed by atoms with Gasteiger partial charge in [0.05, 0.1) is 33.8 Å². The van der Waals surface area contributed by atoms with Gasteiger partial charge in [0.1, 0.15) is 19.3 Å². The standard InChI is InChI=1S/C64H117N2O7P/c1-7-10-13-16-19-22-25-28-30-32-33-35-36-38-41-44-47-50-53-56-63(67)65-61(60-72-74(69,70)71-59-58-66(4,5)6)62(55-52-49-46-43-40-27-24-21-18-15-12-9-3)73-64(68)57-54-51-48-45-42-39-37-34-31-29-26-23-20-17-14-11-8-2/h19-20,22-23,28-31,37,39,52,55,61-62H,7-18,21,24-27,32-36,38,40-51,53-54,56-60H2,1-6H3,(H-,65,67,69,70)/b22-19-,23-20-,30-28-,31-29-,39-37-,55-52+. The minimum Gasteiger partial charge on any atom is -0.756 e. The van der Waals surface area contributed by atoms with Gasteiger partial charge in [-0.05, 0) is 102 Å². The van der Waals surface area contributed by atoms with Crippen LogP contribution >= 0.6 is 7.82 Å². The minimum atomic E-state index is -4.71. The second-order valence-corrected chi connectivity index (χ2v) is 23.3. The molecule has 0 rings (SSSR count). The van der Waals surface area contributed by atoms with E-state index in [0.29, 0.717) is 23.9 Å². The molecule has 1 N–H and O–H groups in total. The fourth-order valence-corrected chi connectivity index (χ4v) is 9.28. The molecule has 0 aromatic carbocycles. The first-order valence-corrected chi connectivity index (χ1v) is 32.2. The molecular formula is C64H117N2O7P. The van der Waals surface area contributed by atoms with E-state index >= 15 is 0 Å². The molecule has 0 saturated heterocycles. The van der Waals surface area contributed by atoms with Gasteiger partial charge in [-0.2, -0.15) is 0 Å². The van der Waals surface area contributed by atoms with Crippen molar-refractivity contribution in [2.75, 3.05) is 40.9 Å². The van der Waals surface area contributed by atoms with E-state index in [4.69, 9.17) is 13.8 Å². The second-order valence-electron chi connectivity index (χ2n) is 21.8. The van der Waals surface area contributed by atoms with E-state index in [1.165, 1.54) is 135 Å². The first-order valence-electron chi connectivity index (χ1n) is 30.7. The summed E-state index contributed by atoms with van der Waals surface area (Å²) in [5.74, 6) is -0.569. The molecule has 0 aromatic rings. The zero-order chi connectivity index (χ0) is 54.3. The molecule has 74 heavy (non-hydrogen) atoms. The Hall–Kier alpha value is -2.55. The van der Waals surface area contributed by atoms with Crippen molar-refractivity contribution in [3.8, 4) is 0 Å². The van der Waals surface area contributed by atoms with Crippen LogP contribution in [0.3, 0.4) is 0 Å². The number of likely N-dealkylation sites (N-methyl/N-ethyl adjacent to an activating group) is 1. The van der Waals surface area contributed by atoms with Crippen molar-refractivity contribution >= 4 is 19.7 Å². The number of allylic oxidation sites excluding steroid dienone is 11. The summed E-state index contributed by atoms with van der Waals surface area (Å²) in [6, 6.07) is -0.902. The summed E-state index contributed by atoms with van der Waals surface area (Å²) >= 11 is 0. The van der Waals surface area contributed by atoms with Crippen molar-refractivity contribution in [1.29, 1.82) is 0 Å². The highest BCUT2D eigenvalue weighted by molar-refractivity contribution is 7.45. The fourth-order valence-electron chi connectivity index (χ4n) is 8.56. The molecule has 0 aliphatic carbocycles. The van der Waals surface area contributed by atoms with E-state index in [0.717, 1.165) is 96.3 Å². The average Bonchev–Trinajstić information content (AvgIpc) is 3.36. The molecule has 1 amide bonds. The molecule has 0 heterocycles. The van der Waals surface area contributed by atoms with Gasteiger partial charge in [0, 0.05) is 12.8 Å². The number of nitrogens with one attached hydrogen (secondary N) is 1. The van der Waals surface area contributed by atoms with Gasteiger partial charge < -0.3 is 28.5 Å². The van der Waals surface area contributed by atoms with Crippen LogP contribution in [0.25, 0.3) is 0 Å². The summed E-state index contributed by atoms with van der Waals surface area (Å²) in [7, 11) is 1.16. The third-order valence-electron chi connectivity index (χ3n) is 13.4. The molecule has 430 valence electrons. The molecule has 0 bridgehead atoms. The number of phosphoric ester groups is 1. The van der Waals surface area contributed by atoms with E-state index in [2.05, 4.69) is 86.8 Å². The molecule has 10 heteroatoms. The van der Waals surface area contributed by atoms with Crippen LogP contribution in [-0.2, 0) is 27.9 Å². The molecule has 0 aromatic heterocycles. The number of hydrogen-bond donors (Lipinski definition) is 1. The third kappa shape index (κ3) is 54.2. The summed E-state index contributed by atoms with van der Waals surface area (Å²) in [6.07, 6.45) is 68.6. The number of esters is 1. The SMILES string of the molecule is CCCCC/C=C\C/C=C\C/C=C\CCCCCCC(=O)OC(/C=C/CCCCCCCCCCCC)C(COP(=O)([O-])OCC[N+](C)(C)C)NC(=O)CCCCCCCCCCC/C=C\C/C=C\CCCCC. The Morgan fingerprint density at radius 1 is 0.473 bits per heavy atom. The summed E-state index contributed by atoms with van der Waals surface area (Å²) in [5.41, 5.74) is 0. The summed E-state index contributed by atoms with van der Waals surface area (Å²) in [6.45, 7) is 6.78. The lowest BCUT2D eigenvalue weighted by Gasteiger charge is -2.30. The average molecular weight is 1060 g/mol. The number of hydrogen-bond acceptors (Lipinski definition) is 7. The second kappa shape index (κ2) is 53.8. The molecule has 3 unspecified atom stereocenters. The molecule has 0 radical (unpaired) electrons. The number of quaternary nitrogens is 1. The summed E-state index contributed by atoms with van der Waals surface area (Å²) < 4.78 is 30.3. The van der Waals surface area contributed by atoms with Crippen LogP contribution in [0.2, 0.25) is 0 Å². The lowest BCUT2D eigenvalue weighted by atomic mass is 10.0. The summed E-state index contributed by atoms with van der Waals surface area (Å²) in [5, 5.41) is 3.02. The van der Waals surface area contributed by atoms with Gasteiger partial charge in [-0.1, -0.05) is 229 Å². The molecule has 9 nitrogen and oxygen atoms in total. The number of ether oxygens (including phenoxy) is 1. The molecule has 0 aliphatic rings. The first-order chi connectivity index (χ1) is 35.9. The highest BCUT2D eigenvalue weighted by Crippen LogP contribution is 2.38. The highest BCUT2D eigenvalue weighted by atomic mass is 31.2. The van der Waals surface area contributed by atoms with Gasteiger partial charge in [-0.3, -0.25) is 14.2 Å². The van der Waals surface area contributed by atoms with Crippen molar-refractivity contribution in [2.45, 2.75) is 283 Å². The van der Waals surface area contributed by atoms with E-state index in [9.17, 15) is 19.0 Å². The lowest BCUT2D eigenvalue weighted by Crippen LogP contribution is -2.47. The number of unbranched alkanes of at least 4 members (excludes halogenated alkanes) is 29. The monoisotopic (exact) mass is 1060 g/mol.